The number of hydrogen-bond acceptors (Lipinski definition) is 2. The Kier molecular flexibility index (Phi) is 7.18. The van der Waals surface area contributed by atoms with Crippen molar-refractivity contribution in [3.8, 4) is 0 Å². The molecule has 0 saturated carbocycles. The van der Waals surface area contributed by atoms with E-state index in [-0.39, 0.29) is 5.82 Å². The van der Waals surface area contributed by atoms with Gasteiger partial charge < -0.3 is 10.2 Å². The average Bonchev–Trinajstić information content (AvgIpc) is 2.68. The number of piperazine rings is 1. The van der Waals surface area contributed by atoms with Gasteiger partial charge in [0.15, 0.2) is 5.11 Å². The van der Waals surface area contributed by atoms with Gasteiger partial charge in [-0.05, 0) is 60.5 Å². The maximum Gasteiger partial charge on any atom is 0.173 e. The van der Waals surface area contributed by atoms with Gasteiger partial charge in [-0.3, -0.25) is 4.90 Å². The number of anilines is 1. The highest BCUT2D eigenvalue weighted by Crippen LogP contribution is 2.14. The minimum atomic E-state index is -0.169. The number of benzene rings is 2. The summed E-state index contributed by atoms with van der Waals surface area (Å²) in [4.78, 5) is 4.55. The molecule has 2 aromatic rings. The largest absolute Gasteiger partial charge is 0.346 e. The first-order chi connectivity index (χ1) is 13.1. The van der Waals surface area contributed by atoms with E-state index in [4.69, 9.17) is 12.2 Å². The van der Waals surface area contributed by atoms with Crippen LogP contribution in [0, 0.1) is 5.82 Å². The summed E-state index contributed by atoms with van der Waals surface area (Å²) in [6, 6.07) is 15.4. The molecule has 0 atom stereocenters. The van der Waals surface area contributed by atoms with Crippen molar-refractivity contribution in [1.82, 2.24) is 9.80 Å². The van der Waals surface area contributed by atoms with E-state index in [1.807, 2.05) is 6.07 Å². The number of nitrogens with zero attached hydrogens (tertiary/aromatic N) is 2. The molecular weight excluding hydrogens is 357 g/mol. The zero-order chi connectivity index (χ0) is 19.1. The van der Waals surface area contributed by atoms with Crippen LogP contribution in [0.3, 0.4) is 0 Å². The van der Waals surface area contributed by atoms with E-state index < -0.39 is 0 Å². The Morgan fingerprint density at radius 1 is 1.04 bits per heavy atom. The molecular formula is C22H28FN3S. The van der Waals surface area contributed by atoms with Gasteiger partial charge in [-0.15, -0.1) is 0 Å². The van der Waals surface area contributed by atoms with Crippen molar-refractivity contribution < 1.29 is 4.39 Å². The van der Waals surface area contributed by atoms with E-state index in [1.165, 1.54) is 24.5 Å². The molecule has 1 fully saturated rings. The third kappa shape index (κ3) is 6.01. The van der Waals surface area contributed by atoms with Gasteiger partial charge in [0.25, 0.3) is 0 Å². The fourth-order valence-corrected chi connectivity index (χ4v) is 3.64. The van der Waals surface area contributed by atoms with Crippen LogP contribution in [0.25, 0.3) is 0 Å². The maximum absolute atomic E-state index is 13.3. The summed E-state index contributed by atoms with van der Waals surface area (Å²) in [5, 5.41) is 4.14. The van der Waals surface area contributed by atoms with Crippen LogP contribution in [-0.4, -0.2) is 41.1 Å². The summed E-state index contributed by atoms with van der Waals surface area (Å²) in [5.74, 6) is -0.169. The maximum atomic E-state index is 13.3. The fourth-order valence-electron chi connectivity index (χ4n) is 3.34. The van der Waals surface area contributed by atoms with E-state index in [0.29, 0.717) is 0 Å². The number of rotatable bonds is 6. The predicted octanol–water partition coefficient (Wildman–Crippen LogP) is 4.68. The van der Waals surface area contributed by atoms with Gasteiger partial charge in [-0.2, -0.15) is 0 Å². The monoisotopic (exact) mass is 385 g/mol. The fraction of sp³-hybridized carbons (Fsp3) is 0.409. The van der Waals surface area contributed by atoms with Crippen LogP contribution in [0.4, 0.5) is 10.1 Å². The minimum Gasteiger partial charge on any atom is -0.346 e. The van der Waals surface area contributed by atoms with Crippen molar-refractivity contribution in [3.05, 3.63) is 65.5 Å². The van der Waals surface area contributed by atoms with Gasteiger partial charge >= 0.3 is 0 Å². The second-order valence-electron chi connectivity index (χ2n) is 7.12. The lowest BCUT2D eigenvalue weighted by atomic mass is 10.1. The highest BCUT2D eigenvalue weighted by atomic mass is 32.1. The van der Waals surface area contributed by atoms with Crippen molar-refractivity contribution in [3.63, 3.8) is 0 Å². The Balaban J connectivity index is 1.45. The summed E-state index contributed by atoms with van der Waals surface area (Å²) in [5.41, 5.74) is 3.44. The topological polar surface area (TPSA) is 18.5 Å². The van der Waals surface area contributed by atoms with E-state index in [9.17, 15) is 4.39 Å². The van der Waals surface area contributed by atoms with Crippen LogP contribution in [0.5, 0.6) is 0 Å². The molecule has 2 aromatic carbocycles. The minimum absolute atomic E-state index is 0.169. The van der Waals surface area contributed by atoms with Gasteiger partial charge in [-0.1, -0.05) is 37.6 Å². The molecule has 0 aliphatic carbocycles. The molecule has 0 amide bonds. The first kappa shape index (κ1) is 19.8. The number of hydrogen-bond donors (Lipinski definition) is 1. The molecule has 27 heavy (non-hydrogen) atoms. The third-order valence-electron chi connectivity index (χ3n) is 4.98. The van der Waals surface area contributed by atoms with E-state index in [2.05, 4.69) is 46.3 Å². The lowest BCUT2D eigenvalue weighted by molar-refractivity contribution is 0.177. The number of nitrogens with one attached hydrogen (secondary N) is 1. The Bertz CT molecular complexity index is 739. The number of aryl methyl sites for hydroxylation is 1. The summed E-state index contributed by atoms with van der Waals surface area (Å²) in [6.45, 7) is 6.62. The average molecular weight is 386 g/mol. The van der Waals surface area contributed by atoms with Crippen molar-refractivity contribution >= 4 is 23.0 Å². The summed E-state index contributed by atoms with van der Waals surface area (Å²) in [7, 11) is 0. The number of thiocarbonyl (C=S) groups is 1. The molecule has 0 aromatic heterocycles. The van der Waals surface area contributed by atoms with Crippen molar-refractivity contribution in [1.29, 1.82) is 0 Å². The number of halogens is 1. The van der Waals surface area contributed by atoms with E-state index >= 15 is 0 Å². The highest BCUT2D eigenvalue weighted by Gasteiger charge is 2.19. The second-order valence-corrected chi connectivity index (χ2v) is 7.51. The first-order valence-electron chi connectivity index (χ1n) is 9.75. The standard InChI is InChI=1S/C22H28FN3S/c1-2-3-5-18-8-10-21(11-9-18)24-22(27)26-14-12-25(13-15-26)17-19-6-4-7-20(23)16-19/h4,6-11,16H,2-3,5,12-15,17H2,1H3,(H,24,27). The van der Waals surface area contributed by atoms with Gasteiger partial charge in [-0.25, -0.2) is 4.39 Å². The predicted molar refractivity (Wildman–Crippen MR) is 115 cm³/mol. The molecule has 1 saturated heterocycles. The molecule has 0 spiro atoms. The lowest BCUT2D eigenvalue weighted by Gasteiger charge is -2.36. The lowest BCUT2D eigenvalue weighted by Crippen LogP contribution is -2.49. The molecule has 1 N–H and O–H groups in total. The molecule has 3 rings (SSSR count). The van der Waals surface area contributed by atoms with Crippen molar-refractivity contribution in [2.45, 2.75) is 32.7 Å². The van der Waals surface area contributed by atoms with Crippen molar-refractivity contribution in [2.24, 2.45) is 0 Å². The van der Waals surface area contributed by atoms with Gasteiger partial charge in [0.05, 0.1) is 0 Å². The highest BCUT2D eigenvalue weighted by molar-refractivity contribution is 7.80. The van der Waals surface area contributed by atoms with Gasteiger partial charge in [0, 0.05) is 38.4 Å². The summed E-state index contributed by atoms with van der Waals surface area (Å²) < 4.78 is 13.3. The Morgan fingerprint density at radius 2 is 1.78 bits per heavy atom. The molecule has 144 valence electrons. The van der Waals surface area contributed by atoms with Crippen molar-refractivity contribution in [2.75, 3.05) is 31.5 Å². The van der Waals surface area contributed by atoms with E-state index in [1.54, 1.807) is 12.1 Å². The SMILES string of the molecule is CCCCc1ccc(NC(=S)N2CCN(Cc3cccc(F)c3)CC2)cc1. The summed E-state index contributed by atoms with van der Waals surface area (Å²) >= 11 is 5.59. The van der Waals surface area contributed by atoms with Gasteiger partial charge in [0.1, 0.15) is 5.82 Å². The molecule has 0 unspecified atom stereocenters. The molecule has 1 aliphatic heterocycles. The van der Waals surface area contributed by atoms with Crippen LogP contribution >= 0.6 is 12.2 Å². The Morgan fingerprint density at radius 3 is 2.44 bits per heavy atom. The first-order valence-corrected chi connectivity index (χ1v) is 10.2. The molecule has 1 aliphatic rings. The molecule has 5 heteroatoms. The van der Waals surface area contributed by atoms with Crippen LogP contribution in [-0.2, 0) is 13.0 Å². The summed E-state index contributed by atoms with van der Waals surface area (Å²) in [6.07, 6.45) is 3.58. The normalized spacial score (nSPS) is 15.0. The zero-order valence-corrected chi connectivity index (χ0v) is 16.8. The van der Waals surface area contributed by atoms with Crippen LogP contribution in [0.1, 0.15) is 30.9 Å². The molecule has 0 bridgehead atoms. The number of unbranched alkanes of at least 4 members (excludes halogenated alkanes) is 1. The van der Waals surface area contributed by atoms with E-state index in [0.717, 1.165) is 55.5 Å². The molecule has 0 radical (unpaired) electrons. The van der Waals surface area contributed by atoms with Crippen LogP contribution < -0.4 is 5.32 Å². The third-order valence-corrected chi connectivity index (χ3v) is 5.34. The quantitative estimate of drug-likeness (QED) is 0.727. The Labute approximate surface area is 167 Å². The van der Waals surface area contributed by atoms with Crippen LogP contribution in [0.2, 0.25) is 0 Å². The second kappa shape index (κ2) is 9.81. The van der Waals surface area contributed by atoms with Crippen LogP contribution in [0.15, 0.2) is 48.5 Å². The smallest absolute Gasteiger partial charge is 0.173 e. The zero-order valence-electron chi connectivity index (χ0n) is 16.0. The molecule has 3 nitrogen and oxygen atoms in total. The van der Waals surface area contributed by atoms with Gasteiger partial charge in [0.2, 0.25) is 0 Å². The molecule has 1 heterocycles. The Hall–Kier alpha value is -1.98.